The first kappa shape index (κ1) is 15.3. The van der Waals surface area contributed by atoms with Crippen molar-refractivity contribution in [3.8, 4) is 0 Å². The Morgan fingerprint density at radius 1 is 1.10 bits per heavy atom. The maximum atomic E-state index is 13.2. The molecule has 120 valence electrons. The lowest BCUT2D eigenvalue weighted by Crippen LogP contribution is -2.47. The minimum Gasteiger partial charge on any atom is -0.322 e. The summed E-state index contributed by atoms with van der Waals surface area (Å²) in [5, 5.41) is 3.77. The second kappa shape index (κ2) is 5.91. The smallest absolute Gasteiger partial charge is 0.244 e. The zero-order valence-corrected chi connectivity index (χ0v) is 14.0. The van der Waals surface area contributed by atoms with Gasteiger partial charge in [-0.1, -0.05) is 46.5 Å². The first-order chi connectivity index (χ1) is 10.0. The lowest BCUT2D eigenvalue weighted by molar-refractivity contribution is -0.136. The number of carbonyl (C=O) groups excluding carboxylic acids is 1. The molecule has 3 rings (SSSR count). The van der Waals surface area contributed by atoms with Crippen LogP contribution in [-0.4, -0.2) is 28.6 Å². The summed E-state index contributed by atoms with van der Waals surface area (Å²) in [6.07, 6.45) is 11.1. The molecule has 3 nitrogen and oxygen atoms in total. The van der Waals surface area contributed by atoms with E-state index in [4.69, 9.17) is 0 Å². The molecule has 2 saturated carbocycles. The standard InChI is InChI=1S/C18H32N2O/c1-13(2)16-19-18(11-4-5-12-18)17(21)20(16)15-8-6-7-14(3)9-10-15/h13-16,19H,4-12H2,1-3H3. The van der Waals surface area contributed by atoms with Crippen molar-refractivity contribution in [3.63, 3.8) is 0 Å². The molecule has 1 spiro atoms. The molecule has 1 aliphatic heterocycles. The quantitative estimate of drug-likeness (QED) is 0.787. The first-order valence-corrected chi connectivity index (χ1v) is 9.14. The summed E-state index contributed by atoms with van der Waals surface area (Å²) < 4.78 is 0. The van der Waals surface area contributed by atoms with Crippen LogP contribution in [0.3, 0.4) is 0 Å². The van der Waals surface area contributed by atoms with Gasteiger partial charge in [0, 0.05) is 6.04 Å². The summed E-state index contributed by atoms with van der Waals surface area (Å²) in [5.41, 5.74) is -0.202. The van der Waals surface area contributed by atoms with Gasteiger partial charge in [-0.3, -0.25) is 10.1 Å². The predicted molar refractivity (Wildman–Crippen MR) is 85.8 cm³/mol. The summed E-state index contributed by atoms with van der Waals surface area (Å²) in [6.45, 7) is 6.88. The van der Waals surface area contributed by atoms with Crippen LogP contribution in [0.4, 0.5) is 0 Å². The molecule has 1 amide bonds. The van der Waals surface area contributed by atoms with E-state index in [1.165, 1.54) is 44.9 Å². The molecule has 2 aliphatic carbocycles. The number of hydrogen-bond acceptors (Lipinski definition) is 2. The molecule has 1 heterocycles. The zero-order valence-electron chi connectivity index (χ0n) is 14.0. The molecule has 0 aromatic carbocycles. The molecule has 3 fully saturated rings. The van der Waals surface area contributed by atoms with Gasteiger partial charge < -0.3 is 4.90 Å². The van der Waals surface area contributed by atoms with Crippen LogP contribution in [0.2, 0.25) is 0 Å². The van der Waals surface area contributed by atoms with E-state index in [2.05, 4.69) is 31.0 Å². The van der Waals surface area contributed by atoms with E-state index in [9.17, 15) is 4.79 Å². The fourth-order valence-corrected chi connectivity index (χ4v) is 4.75. The van der Waals surface area contributed by atoms with Crippen molar-refractivity contribution in [1.29, 1.82) is 0 Å². The molecule has 0 aromatic rings. The van der Waals surface area contributed by atoms with Crippen molar-refractivity contribution in [2.45, 2.75) is 96.3 Å². The SMILES string of the molecule is CC1CCCC(N2C(=O)C3(CCCC3)NC2C(C)C)CC1. The second-order valence-electron chi connectivity index (χ2n) is 8.10. The number of hydrogen-bond donors (Lipinski definition) is 1. The zero-order chi connectivity index (χ0) is 15.0. The average Bonchev–Trinajstić information content (AvgIpc) is 2.95. The molecule has 1 saturated heterocycles. The van der Waals surface area contributed by atoms with E-state index in [0.717, 1.165) is 18.8 Å². The Morgan fingerprint density at radius 2 is 1.81 bits per heavy atom. The van der Waals surface area contributed by atoms with Crippen LogP contribution in [0.25, 0.3) is 0 Å². The molecule has 3 unspecified atom stereocenters. The molecule has 21 heavy (non-hydrogen) atoms. The largest absolute Gasteiger partial charge is 0.322 e. The van der Waals surface area contributed by atoms with Crippen LogP contribution in [-0.2, 0) is 4.79 Å². The predicted octanol–water partition coefficient (Wildman–Crippen LogP) is 3.68. The Hall–Kier alpha value is -0.570. The molecule has 0 bridgehead atoms. The van der Waals surface area contributed by atoms with Crippen LogP contribution in [0.5, 0.6) is 0 Å². The van der Waals surface area contributed by atoms with E-state index in [-0.39, 0.29) is 11.7 Å². The summed E-state index contributed by atoms with van der Waals surface area (Å²) in [6, 6.07) is 0.474. The lowest BCUT2D eigenvalue weighted by Gasteiger charge is -2.34. The summed E-state index contributed by atoms with van der Waals surface area (Å²) in [5.74, 6) is 1.76. The number of amides is 1. The minimum atomic E-state index is -0.202. The number of nitrogens with one attached hydrogen (secondary N) is 1. The van der Waals surface area contributed by atoms with E-state index in [1.807, 2.05) is 0 Å². The van der Waals surface area contributed by atoms with Crippen molar-refractivity contribution < 1.29 is 4.79 Å². The van der Waals surface area contributed by atoms with Crippen LogP contribution in [0.1, 0.15) is 78.6 Å². The van der Waals surface area contributed by atoms with Crippen LogP contribution < -0.4 is 5.32 Å². The van der Waals surface area contributed by atoms with Crippen molar-refractivity contribution >= 4 is 5.91 Å². The highest BCUT2D eigenvalue weighted by Crippen LogP contribution is 2.40. The Bertz CT molecular complexity index is 387. The van der Waals surface area contributed by atoms with E-state index in [1.54, 1.807) is 0 Å². The van der Waals surface area contributed by atoms with Crippen molar-refractivity contribution in [1.82, 2.24) is 10.2 Å². The highest BCUT2D eigenvalue weighted by Gasteiger charge is 2.54. The minimum absolute atomic E-state index is 0.202. The Kier molecular flexibility index (Phi) is 4.31. The fourth-order valence-electron chi connectivity index (χ4n) is 4.75. The molecule has 3 aliphatic rings. The maximum absolute atomic E-state index is 13.2. The van der Waals surface area contributed by atoms with E-state index in [0.29, 0.717) is 17.9 Å². The molecule has 3 atom stereocenters. The van der Waals surface area contributed by atoms with Crippen molar-refractivity contribution in [3.05, 3.63) is 0 Å². The average molecular weight is 292 g/mol. The Morgan fingerprint density at radius 3 is 2.48 bits per heavy atom. The van der Waals surface area contributed by atoms with Crippen LogP contribution >= 0.6 is 0 Å². The van der Waals surface area contributed by atoms with Gasteiger partial charge in [-0.15, -0.1) is 0 Å². The summed E-state index contributed by atoms with van der Waals surface area (Å²) in [4.78, 5) is 15.5. The van der Waals surface area contributed by atoms with Gasteiger partial charge in [0.1, 0.15) is 0 Å². The van der Waals surface area contributed by atoms with E-state index < -0.39 is 0 Å². The van der Waals surface area contributed by atoms with Gasteiger partial charge in [-0.25, -0.2) is 0 Å². The Labute approximate surface area is 129 Å². The van der Waals surface area contributed by atoms with Crippen LogP contribution in [0.15, 0.2) is 0 Å². The molecular formula is C18H32N2O. The van der Waals surface area contributed by atoms with Gasteiger partial charge in [-0.05, 0) is 43.9 Å². The Balaban J connectivity index is 1.82. The van der Waals surface area contributed by atoms with Gasteiger partial charge in [0.15, 0.2) is 0 Å². The topological polar surface area (TPSA) is 32.3 Å². The van der Waals surface area contributed by atoms with Gasteiger partial charge >= 0.3 is 0 Å². The van der Waals surface area contributed by atoms with Gasteiger partial charge in [0.05, 0.1) is 11.7 Å². The monoisotopic (exact) mass is 292 g/mol. The number of rotatable bonds is 2. The molecule has 0 aromatic heterocycles. The summed E-state index contributed by atoms with van der Waals surface area (Å²) in [7, 11) is 0. The summed E-state index contributed by atoms with van der Waals surface area (Å²) >= 11 is 0. The lowest BCUT2D eigenvalue weighted by atomic mass is 9.96. The molecular weight excluding hydrogens is 260 g/mol. The van der Waals surface area contributed by atoms with Crippen LogP contribution in [0, 0.1) is 11.8 Å². The highest BCUT2D eigenvalue weighted by molar-refractivity contribution is 5.89. The van der Waals surface area contributed by atoms with Gasteiger partial charge in [0.2, 0.25) is 5.91 Å². The van der Waals surface area contributed by atoms with Gasteiger partial charge in [-0.2, -0.15) is 0 Å². The van der Waals surface area contributed by atoms with Crippen molar-refractivity contribution in [2.75, 3.05) is 0 Å². The third kappa shape index (κ3) is 2.74. The first-order valence-electron chi connectivity index (χ1n) is 9.14. The molecule has 0 radical (unpaired) electrons. The maximum Gasteiger partial charge on any atom is 0.244 e. The second-order valence-corrected chi connectivity index (χ2v) is 8.10. The van der Waals surface area contributed by atoms with Crippen molar-refractivity contribution in [2.24, 2.45) is 11.8 Å². The number of carbonyl (C=O) groups is 1. The third-order valence-electron chi connectivity index (χ3n) is 6.08. The normalized spacial score (nSPS) is 36.7. The molecule has 3 heteroatoms. The molecule has 1 N–H and O–H groups in total. The number of nitrogens with zero attached hydrogens (tertiary/aromatic N) is 1. The van der Waals surface area contributed by atoms with Gasteiger partial charge in [0.25, 0.3) is 0 Å². The third-order valence-corrected chi connectivity index (χ3v) is 6.08. The fraction of sp³-hybridized carbons (Fsp3) is 0.944. The highest BCUT2D eigenvalue weighted by atomic mass is 16.2. The van der Waals surface area contributed by atoms with E-state index >= 15 is 0 Å².